The van der Waals surface area contributed by atoms with Gasteiger partial charge in [0.1, 0.15) is 0 Å². The van der Waals surface area contributed by atoms with Crippen LogP contribution in [0.25, 0.3) is 0 Å². The second kappa shape index (κ2) is 9.73. The second-order valence-corrected chi connectivity index (χ2v) is 8.73. The second-order valence-electron chi connectivity index (χ2n) is 6.61. The third kappa shape index (κ3) is 5.57. The van der Waals surface area contributed by atoms with E-state index in [0.29, 0.717) is 17.4 Å². The Morgan fingerprint density at radius 2 is 1.96 bits per heavy atom. The fourth-order valence-corrected chi connectivity index (χ4v) is 4.09. The number of hydrogen-bond acceptors (Lipinski definition) is 3. The molecule has 0 spiro atoms. The third-order valence-corrected chi connectivity index (χ3v) is 6.44. The summed E-state index contributed by atoms with van der Waals surface area (Å²) in [5.41, 5.74) is 2.24. The molecule has 1 aromatic rings. The normalized spacial score (nSPS) is 15.7. The largest absolute Gasteiger partial charge is 0.356 e. The van der Waals surface area contributed by atoms with E-state index in [9.17, 15) is 8.42 Å². The molecule has 0 fully saturated rings. The van der Waals surface area contributed by atoms with Crippen molar-refractivity contribution in [2.24, 2.45) is 4.99 Å². The van der Waals surface area contributed by atoms with Gasteiger partial charge < -0.3 is 10.6 Å². The van der Waals surface area contributed by atoms with E-state index in [-0.39, 0.29) is 0 Å². The van der Waals surface area contributed by atoms with Crippen LogP contribution in [0.15, 0.2) is 45.8 Å². The maximum absolute atomic E-state index is 12.5. The first kappa shape index (κ1) is 20.5. The van der Waals surface area contributed by atoms with Gasteiger partial charge in [0.15, 0.2) is 5.96 Å². The first-order chi connectivity index (χ1) is 12.4. The molecule has 0 atom stereocenters. The van der Waals surface area contributed by atoms with Crippen LogP contribution in [-0.2, 0) is 16.6 Å². The van der Waals surface area contributed by atoms with Crippen LogP contribution in [0.1, 0.15) is 37.7 Å². The summed E-state index contributed by atoms with van der Waals surface area (Å²) in [6.45, 7) is 1.22. The Hall–Kier alpha value is -1.86. The van der Waals surface area contributed by atoms with Crippen LogP contribution in [0, 0.1) is 0 Å². The molecule has 1 aliphatic rings. The van der Waals surface area contributed by atoms with Gasteiger partial charge in [-0.2, -0.15) is 0 Å². The molecule has 7 heteroatoms. The van der Waals surface area contributed by atoms with Crippen LogP contribution < -0.4 is 10.6 Å². The molecule has 6 nitrogen and oxygen atoms in total. The predicted molar refractivity (Wildman–Crippen MR) is 107 cm³/mol. The minimum absolute atomic E-state index is 0.320. The number of benzene rings is 1. The number of allylic oxidation sites excluding steroid dienone is 1. The lowest BCUT2D eigenvalue weighted by atomic mass is 9.97. The van der Waals surface area contributed by atoms with E-state index in [1.165, 1.54) is 35.6 Å². The van der Waals surface area contributed by atoms with E-state index in [1.807, 2.05) is 12.1 Å². The summed E-state index contributed by atoms with van der Waals surface area (Å²) >= 11 is 0. The van der Waals surface area contributed by atoms with Gasteiger partial charge in [0.25, 0.3) is 0 Å². The van der Waals surface area contributed by atoms with Gasteiger partial charge in [-0.15, -0.1) is 0 Å². The highest BCUT2D eigenvalue weighted by atomic mass is 32.2. The Bertz CT molecular complexity index is 755. The van der Waals surface area contributed by atoms with E-state index < -0.39 is 10.0 Å². The number of aliphatic imine (C=N–C) groups is 1. The molecular formula is C19H30N4O2S. The van der Waals surface area contributed by atoms with Crippen LogP contribution in [-0.4, -0.2) is 46.4 Å². The summed E-state index contributed by atoms with van der Waals surface area (Å²) < 4.78 is 26.2. The van der Waals surface area contributed by atoms with Crippen molar-refractivity contribution in [2.75, 3.05) is 27.7 Å². The van der Waals surface area contributed by atoms with Gasteiger partial charge in [0.2, 0.25) is 10.0 Å². The zero-order chi connectivity index (χ0) is 19.0. The van der Waals surface area contributed by atoms with Gasteiger partial charge in [-0.1, -0.05) is 29.8 Å². The molecule has 0 amide bonds. The third-order valence-electron chi connectivity index (χ3n) is 4.52. The lowest BCUT2D eigenvalue weighted by molar-refractivity contribution is 0.519. The van der Waals surface area contributed by atoms with Crippen LogP contribution in [0.3, 0.4) is 0 Å². The fourth-order valence-electron chi connectivity index (χ4n) is 2.97. The molecule has 0 aromatic heterocycles. The number of rotatable bonds is 7. The zero-order valence-electron chi connectivity index (χ0n) is 16.0. The first-order valence-electron chi connectivity index (χ1n) is 9.08. The van der Waals surface area contributed by atoms with Crippen LogP contribution >= 0.6 is 0 Å². The van der Waals surface area contributed by atoms with Crippen molar-refractivity contribution in [3.05, 3.63) is 41.5 Å². The topological polar surface area (TPSA) is 73.8 Å². The molecular weight excluding hydrogens is 348 g/mol. The number of hydrogen-bond donors (Lipinski definition) is 2. The molecule has 1 aromatic carbocycles. The Morgan fingerprint density at radius 3 is 2.62 bits per heavy atom. The predicted octanol–water partition coefficient (Wildman–Crippen LogP) is 2.49. The average Bonchev–Trinajstić information content (AvgIpc) is 2.65. The van der Waals surface area contributed by atoms with Gasteiger partial charge in [0.05, 0.1) is 4.90 Å². The van der Waals surface area contributed by atoms with E-state index >= 15 is 0 Å². The Kier molecular flexibility index (Phi) is 7.66. The van der Waals surface area contributed by atoms with Crippen molar-refractivity contribution in [3.8, 4) is 0 Å². The minimum Gasteiger partial charge on any atom is -0.356 e. The van der Waals surface area contributed by atoms with Crippen LogP contribution in [0.5, 0.6) is 0 Å². The van der Waals surface area contributed by atoms with E-state index in [4.69, 9.17) is 0 Å². The summed E-state index contributed by atoms with van der Waals surface area (Å²) in [4.78, 5) is 4.55. The lowest BCUT2D eigenvalue weighted by Gasteiger charge is -2.17. The molecule has 0 saturated carbocycles. The Morgan fingerprint density at radius 1 is 1.19 bits per heavy atom. The highest BCUT2D eigenvalue weighted by molar-refractivity contribution is 7.89. The quantitative estimate of drug-likeness (QED) is 0.434. The molecule has 26 heavy (non-hydrogen) atoms. The van der Waals surface area contributed by atoms with Crippen molar-refractivity contribution >= 4 is 16.0 Å². The van der Waals surface area contributed by atoms with Gasteiger partial charge >= 0.3 is 0 Å². The van der Waals surface area contributed by atoms with E-state index in [1.54, 1.807) is 33.3 Å². The molecule has 0 unspecified atom stereocenters. The lowest BCUT2D eigenvalue weighted by Crippen LogP contribution is -2.37. The summed E-state index contributed by atoms with van der Waals surface area (Å²) in [7, 11) is 1.34. The maximum atomic E-state index is 12.5. The zero-order valence-corrected chi connectivity index (χ0v) is 16.8. The smallest absolute Gasteiger partial charge is 0.242 e. The summed E-state index contributed by atoms with van der Waals surface area (Å²) in [6.07, 6.45) is 8.35. The van der Waals surface area contributed by atoms with E-state index in [0.717, 1.165) is 18.5 Å². The molecule has 144 valence electrons. The molecule has 0 aliphatic heterocycles. The highest BCUT2D eigenvalue weighted by Crippen LogP contribution is 2.20. The monoisotopic (exact) mass is 378 g/mol. The molecule has 0 bridgehead atoms. The number of sulfonamides is 1. The van der Waals surface area contributed by atoms with Gasteiger partial charge in [0, 0.05) is 34.2 Å². The van der Waals surface area contributed by atoms with E-state index in [2.05, 4.69) is 21.7 Å². The molecule has 2 N–H and O–H groups in total. The van der Waals surface area contributed by atoms with Crippen molar-refractivity contribution in [2.45, 2.75) is 43.5 Å². The average molecular weight is 379 g/mol. The van der Waals surface area contributed by atoms with Crippen LogP contribution in [0.4, 0.5) is 0 Å². The molecule has 1 aliphatic carbocycles. The fraction of sp³-hybridized carbons (Fsp3) is 0.526. The Balaban J connectivity index is 1.93. The van der Waals surface area contributed by atoms with Crippen molar-refractivity contribution in [1.29, 1.82) is 0 Å². The van der Waals surface area contributed by atoms with Gasteiger partial charge in [-0.05, 0) is 43.7 Å². The van der Waals surface area contributed by atoms with Crippen molar-refractivity contribution in [3.63, 3.8) is 0 Å². The highest BCUT2D eigenvalue weighted by Gasteiger charge is 2.20. The summed E-state index contributed by atoms with van der Waals surface area (Å²) in [5, 5.41) is 6.52. The summed E-state index contributed by atoms with van der Waals surface area (Å²) in [6, 6.07) is 7.05. The Labute approximate surface area is 157 Å². The van der Waals surface area contributed by atoms with Gasteiger partial charge in [-0.25, -0.2) is 12.7 Å². The number of nitrogens with zero attached hydrogens (tertiary/aromatic N) is 2. The number of guanidine groups is 1. The SMILES string of the molecule is CN=C(NCCC1=CCCCC1)NCc1ccccc1S(=O)(=O)N(C)C. The minimum atomic E-state index is -3.47. The maximum Gasteiger partial charge on any atom is 0.242 e. The van der Waals surface area contributed by atoms with Crippen molar-refractivity contribution < 1.29 is 8.42 Å². The van der Waals surface area contributed by atoms with Crippen LogP contribution in [0.2, 0.25) is 0 Å². The van der Waals surface area contributed by atoms with Gasteiger partial charge in [-0.3, -0.25) is 4.99 Å². The standard InChI is InChI=1S/C19H30N4O2S/c1-20-19(21-14-13-16-9-5-4-6-10-16)22-15-17-11-7-8-12-18(17)26(24,25)23(2)3/h7-9,11-12H,4-6,10,13-15H2,1-3H3,(H2,20,21,22). The summed E-state index contributed by atoms with van der Waals surface area (Å²) in [5.74, 6) is 0.679. The molecule has 0 radical (unpaired) electrons. The molecule has 2 rings (SSSR count). The molecule has 0 saturated heterocycles. The van der Waals surface area contributed by atoms with Crippen molar-refractivity contribution in [1.82, 2.24) is 14.9 Å². The first-order valence-corrected chi connectivity index (χ1v) is 10.5. The number of nitrogens with one attached hydrogen (secondary N) is 2. The molecule has 0 heterocycles.